The van der Waals surface area contributed by atoms with Crippen LogP contribution in [0.4, 0.5) is 10.8 Å². The van der Waals surface area contributed by atoms with Crippen molar-refractivity contribution < 1.29 is 9.72 Å². The highest BCUT2D eigenvalue weighted by atomic mass is 32.1. The highest BCUT2D eigenvalue weighted by Crippen LogP contribution is 2.30. The molecule has 1 aromatic heterocycles. The van der Waals surface area contributed by atoms with E-state index in [2.05, 4.69) is 10.3 Å². The normalized spacial score (nSPS) is 11.1. The average molecular weight is 353 g/mol. The van der Waals surface area contributed by atoms with E-state index < -0.39 is 4.92 Å². The lowest BCUT2D eigenvalue weighted by Gasteiger charge is -1.96. The number of aromatic nitrogens is 1. The Bertz CT molecular complexity index is 952. The molecule has 0 saturated heterocycles. The largest absolute Gasteiger partial charge is 0.298 e. The molecular formula is C18H15N3O3S. The number of anilines is 1. The molecule has 0 saturated carbocycles. The molecule has 25 heavy (non-hydrogen) atoms. The van der Waals surface area contributed by atoms with Gasteiger partial charge in [0.25, 0.3) is 5.69 Å². The number of nitro benzene ring substituents is 1. The number of nitrogens with zero attached hydrogens (tertiary/aromatic N) is 2. The number of hydrogen-bond acceptors (Lipinski definition) is 5. The van der Waals surface area contributed by atoms with Crippen molar-refractivity contribution in [2.24, 2.45) is 0 Å². The van der Waals surface area contributed by atoms with Crippen LogP contribution in [-0.2, 0) is 4.79 Å². The van der Waals surface area contributed by atoms with Crippen molar-refractivity contribution in [3.05, 3.63) is 69.3 Å². The summed E-state index contributed by atoms with van der Waals surface area (Å²) in [5.74, 6) is -0.298. The third kappa shape index (κ3) is 3.72. The summed E-state index contributed by atoms with van der Waals surface area (Å²) < 4.78 is 1.06. The van der Waals surface area contributed by atoms with Crippen molar-refractivity contribution in [1.82, 2.24) is 4.98 Å². The number of carbonyl (C=O) groups is 1. The Balaban J connectivity index is 1.73. The topological polar surface area (TPSA) is 85.1 Å². The van der Waals surface area contributed by atoms with Gasteiger partial charge in [0, 0.05) is 18.2 Å². The molecule has 0 aliphatic heterocycles. The summed E-state index contributed by atoms with van der Waals surface area (Å²) in [7, 11) is 0. The lowest BCUT2D eigenvalue weighted by molar-refractivity contribution is -0.384. The van der Waals surface area contributed by atoms with E-state index in [-0.39, 0.29) is 11.6 Å². The molecule has 3 rings (SSSR count). The van der Waals surface area contributed by atoms with Gasteiger partial charge in [-0.25, -0.2) is 4.98 Å². The average Bonchev–Trinajstić information content (AvgIpc) is 3.02. The third-order valence-corrected chi connectivity index (χ3v) is 4.81. The molecule has 0 atom stereocenters. The maximum atomic E-state index is 12.1. The van der Waals surface area contributed by atoms with Crippen LogP contribution < -0.4 is 5.32 Å². The van der Waals surface area contributed by atoms with Crippen molar-refractivity contribution in [2.75, 3.05) is 5.32 Å². The van der Waals surface area contributed by atoms with Crippen LogP contribution in [0.1, 0.15) is 16.7 Å². The van der Waals surface area contributed by atoms with Crippen molar-refractivity contribution in [2.45, 2.75) is 13.8 Å². The van der Waals surface area contributed by atoms with Crippen LogP contribution in [0.15, 0.2) is 42.5 Å². The molecule has 0 spiro atoms. The van der Waals surface area contributed by atoms with Gasteiger partial charge in [0.15, 0.2) is 5.13 Å². The monoisotopic (exact) mass is 353 g/mol. The molecule has 0 bridgehead atoms. The van der Waals surface area contributed by atoms with Crippen molar-refractivity contribution >= 4 is 44.4 Å². The molecule has 3 aromatic rings. The highest BCUT2D eigenvalue weighted by Gasteiger charge is 2.10. The predicted octanol–water partition coefficient (Wildman–Crippen LogP) is 4.47. The Kier molecular flexibility index (Phi) is 4.58. The second-order valence-electron chi connectivity index (χ2n) is 5.57. The van der Waals surface area contributed by atoms with E-state index in [1.54, 1.807) is 18.2 Å². The van der Waals surface area contributed by atoms with Crippen molar-refractivity contribution in [3.8, 4) is 0 Å². The number of amides is 1. The number of benzene rings is 2. The number of rotatable bonds is 4. The molecule has 7 heteroatoms. The van der Waals surface area contributed by atoms with Crippen LogP contribution in [0.25, 0.3) is 16.3 Å². The van der Waals surface area contributed by atoms with Gasteiger partial charge in [0.2, 0.25) is 5.91 Å². The Morgan fingerprint density at radius 3 is 2.48 bits per heavy atom. The first-order chi connectivity index (χ1) is 11.9. The molecule has 0 unspecified atom stereocenters. The second kappa shape index (κ2) is 6.82. The van der Waals surface area contributed by atoms with Gasteiger partial charge in [0.05, 0.1) is 15.1 Å². The van der Waals surface area contributed by atoms with Gasteiger partial charge in [-0.3, -0.25) is 20.2 Å². The minimum absolute atomic E-state index is 0.0156. The Labute approximate surface area is 148 Å². The Morgan fingerprint density at radius 2 is 1.84 bits per heavy atom. The number of nitro groups is 1. The number of carbonyl (C=O) groups excluding carboxylic acids is 1. The first-order valence-corrected chi connectivity index (χ1v) is 8.36. The maximum Gasteiger partial charge on any atom is 0.269 e. The van der Waals surface area contributed by atoms with Crippen LogP contribution in [-0.4, -0.2) is 15.8 Å². The van der Waals surface area contributed by atoms with Gasteiger partial charge in [-0.2, -0.15) is 0 Å². The summed E-state index contributed by atoms with van der Waals surface area (Å²) >= 11 is 1.44. The van der Waals surface area contributed by atoms with Crippen molar-refractivity contribution in [3.63, 3.8) is 0 Å². The summed E-state index contributed by atoms with van der Waals surface area (Å²) in [6.07, 6.45) is 2.98. The minimum atomic E-state index is -0.461. The fourth-order valence-electron chi connectivity index (χ4n) is 2.34. The Morgan fingerprint density at radius 1 is 1.16 bits per heavy atom. The lowest BCUT2D eigenvalue weighted by Crippen LogP contribution is -2.07. The summed E-state index contributed by atoms with van der Waals surface area (Å²) in [6, 6.07) is 10.0. The molecule has 0 fully saturated rings. The highest BCUT2D eigenvalue weighted by molar-refractivity contribution is 7.22. The molecule has 2 aromatic carbocycles. The smallest absolute Gasteiger partial charge is 0.269 e. The molecule has 6 nitrogen and oxygen atoms in total. The fraction of sp³-hybridized carbons (Fsp3) is 0.111. The number of non-ortho nitro benzene ring substituents is 1. The molecule has 1 amide bonds. The van der Waals surface area contributed by atoms with E-state index in [4.69, 9.17) is 0 Å². The number of aryl methyl sites for hydroxylation is 2. The summed E-state index contributed by atoms with van der Waals surface area (Å²) in [6.45, 7) is 4.00. The van der Waals surface area contributed by atoms with E-state index in [0.29, 0.717) is 10.7 Å². The molecule has 1 heterocycles. The third-order valence-electron chi connectivity index (χ3n) is 3.70. The molecule has 0 aliphatic rings. The number of thiazole rings is 1. The first-order valence-electron chi connectivity index (χ1n) is 7.54. The number of nitrogens with one attached hydrogen (secondary N) is 1. The zero-order valence-corrected chi connectivity index (χ0v) is 14.5. The SMILES string of the molecule is Cc1ccc(C)c2sc(NC(=O)C=Cc3ccc([N+](=O)[O-])cc3)nc12. The summed E-state index contributed by atoms with van der Waals surface area (Å²) in [4.78, 5) is 26.7. The Hall–Kier alpha value is -3.06. The van der Waals surface area contributed by atoms with Gasteiger partial charge >= 0.3 is 0 Å². The molecular weight excluding hydrogens is 338 g/mol. The number of fused-ring (bicyclic) bond motifs is 1. The molecule has 0 radical (unpaired) electrons. The van der Waals surface area contributed by atoms with Gasteiger partial charge in [-0.15, -0.1) is 0 Å². The summed E-state index contributed by atoms with van der Waals surface area (Å²) in [5.41, 5.74) is 3.82. The zero-order chi connectivity index (χ0) is 18.0. The second-order valence-corrected chi connectivity index (χ2v) is 6.57. The first kappa shape index (κ1) is 16.8. The van der Waals surface area contributed by atoms with Crippen LogP contribution in [0.5, 0.6) is 0 Å². The predicted molar refractivity (Wildman–Crippen MR) is 99.9 cm³/mol. The summed E-state index contributed by atoms with van der Waals surface area (Å²) in [5, 5.41) is 13.9. The van der Waals surface area contributed by atoms with E-state index in [9.17, 15) is 14.9 Å². The molecule has 0 aliphatic carbocycles. The van der Waals surface area contributed by atoms with Crippen molar-refractivity contribution in [1.29, 1.82) is 0 Å². The van der Waals surface area contributed by atoms with Gasteiger partial charge in [-0.05, 0) is 48.7 Å². The van der Waals surface area contributed by atoms with E-state index >= 15 is 0 Å². The molecule has 1 N–H and O–H groups in total. The zero-order valence-electron chi connectivity index (χ0n) is 13.6. The lowest BCUT2D eigenvalue weighted by atomic mass is 10.1. The fourth-order valence-corrected chi connectivity index (χ4v) is 3.35. The van der Waals surface area contributed by atoms with E-state index in [1.165, 1.54) is 29.5 Å². The van der Waals surface area contributed by atoms with Gasteiger partial charge in [-0.1, -0.05) is 23.5 Å². The van der Waals surface area contributed by atoms with Crippen LogP contribution >= 0.6 is 11.3 Å². The van der Waals surface area contributed by atoms with E-state index in [1.807, 2.05) is 26.0 Å². The van der Waals surface area contributed by atoms with E-state index in [0.717, 1.165) is 21.3 Å². The standard InChI is InChI=1S/C18H15N3O3S/c1-11-3-4-12(2)17-16(11)20-18(25-17)19-15(22)10-7-13-5-8-14(9-6-13)21(23)24/h3-10H,1-2H3,(H,19,20,22). The van der Waals surface area contributed by atoms with Gasteiger partial charge in [0.1, 0.15) is 0 Å². The molecule has 126 valence electrons. The van der Waals surface area contributed by atoms with Crippen LogP contribution in [0.3, 0.4) is 0 Å². The number of hydrogen-bond donors (Lipinski definition) is 1. The van der Waals surface area contributed by atoms with Crippen LogP contribution in [0, 0.1) is 24.0 Å². The quantitative estimate of drug-likeness (QED) is 0.426. The minimum Gasteiger partial charge on any atom is -0.298 e. The maximum absolute atomic E-state index is 12.1. The van der Waals surface area contributed by atoms with Crippen LogP contribution in [0.2, 0.25) is 0 Å². The van der Waals surface area contributed by atoms with Gasteiger partial charge < -0.3 is 0 Å².